The van der Waals surface area contributed by atoms with Crippen LogP contribution in [0.3, 0.4) is 0 Å². The van der Waals surface area contributed by atoms with Gasteiger partial charge in [0.1, 0.15) is 17.7 Å². The largest absolute Gasteiger partial charge is 0.479 e. The molecule has 120 valence electrons. The molecule has 2 rings (SSSR count). The second-order valence-corrected chi connectivity index (χ2v) is 5.08. The Hall–Kier alpha value is -2.02. The third kappa shape index (κ3) is 3.41. The Morgan fingerprint density at radius 2 is 1.86 bits per heavy atom. The van der Waals surface area contributed by atoms with Crippen molar-refractivity contribution in [3.8, 4) is 0 Å². The van der Waals surface area contributed by atoms with Gasteiger partial charge in [-0.25, -0.2) is 13.6 Å². The number of rotatable bonds is 5. The van der Waals surface area contributed by atoms with E-state index in [9.17, 15) is 18.4 Å². The number of carbonyl (C=O) groups is 2. The van der Waals surface area contributed by atoms with E-state index < -0.39 is 35.7 Å². The summed E-state index contributed by atoms with van der Waals surface area (Å²) in [5, 5.41) is 8.87. The molecule has 1 aromatic carbocycles. The summed E-state index contributed by atoms with van der Waals surface area (Å²) in [6.07, 6.45) is -1.35. The molecule has 0 spiro atoms. The highest BCUT2D eigenvalue weighted by atomic mass is 19.1. The molecule has 5 nitrogen and oxygen atoms in total. The number of hydrogen-bond acceptors (Lipinski definition) is 3. The van der Waals surface area contributed by atoms with Crippen LogP contribution in [0.25, 0.3) is 0 Å². The molecule has 0 unspecified atom stereocenters. The first-order chi connectivity index (χ1) is 10.4. The van der Waals surface area contributed by atoms with Crippen molar-refractivity contribution >= 4 is 11.9 Å². The molecule has 0 aliphatic carbocycles. The van der Waals surface area contributed by atoms with E-state index in [-0.39, 0.29) is 31.5 Å². The zero-order valence-electron chi connectivity index (χ0n) is 12.1. The van der Waals surface area contributed by atoms with Crippen molar-refractivity contribution in [3.63, 3.8) is 0 Å². The van der Waals surface area contributed by atoms with Crippen LogP contribution >= 0.6 is 0 Å². The van der Waals surface area contributed by atoms with Crippen molar-refractivity contribution in [2.45, 2.75) is 38.5 Å². The smallest absolute Gasteiger partial charge is 0.332 e. The summed E-state index contributed by atoms with van der Waals surface area (Å²) in [7, 11) is 0. The van der Waals surface area contributed by atoms with Crippen LogP contribution in [0, 0.1) is 11.6 Å². The lowest BCUT2D eigenvalue weighted by atomic mass is 10.1. The van der Waals surface area contributed by atoms with Gasteiger partial charge >= 0.3 is 5.97 Å². The fourth-order valence-corrected chi connectivity index (χ4v) is 2.42. The van der Waals surface area contributed by atoms with Crippen molar-refractivity contribution < 1.29 is 28.2 Å². The Bertz CT molecular complexity index is 558. The molecule has 1 saturated heterocycles. The van der Waals surface area contributed by atoms with Crippen molar-refractivity contribution in [1.29, 1.82) is 0 Å². The Labute approximate surface area is 126 Å². The van der Waals surface area contributed by atoms with E-state index in [0.717, 1.165) is 12.1 Å². The lowest BCUT2D eigenvalue weighted by Gasteiger charge is -2.24. The van der Waals surface area contributed by atoms with Gasteiger partial charge in [0, 0.05) is 12.1 Å². The second kappa shape index (κ2) is 6.83. The monoisotopic (exact) mass is 313 g/mol. The standard InChI is InChI=1S/C15H17F2NO4/c1-2-18(8-9-10(16)4-3-5-11(9)17)14(19)12-6-7-13(22-12)15(20)21/h3-5,12-13H,2,6-8H2,1H3,(H,20,21)/t12-,13+/m0/s1. The number of likely N-dealkylation sites (N-methyl/N-ethyl adjacent to an activating group) is 1. The summed E-state index contributed by atoms with van der Waals surface area (Å²) < 4.78 is 32.5. The molecule has 1 heterocycles. The molecule has 22 heavy (non-hydrogen) atoms. The van der Waals surface area contributed by atoms with Gasteiger partial charge in [-0.15, -0.1) is 0 Å². The predicted molar refractivity (Wildman–Crippen MR) is 73.0 cm³/mol. The first kappa shape index (κ1) is 16.4. The maximum absolute atomic E-state index is 13.7. The van der Waals surface area contributed by atoms with Crippen molar-refractivity contribution in [2.75, 3.05) is 6.54 Å². The van der Waals surface area contributed by atoms with Gasteiger partial charge in [0.2, 0.25) is 0 Å². The predicted octanol–water partition coefficient (Wildman–Crippen LogP) is 1.95. The first-order valence-corrected chi connectivity index (χ1v) is 7.04. The van der Waals surface area contributed by atoms with Gasteiger partial charge in [-0.2, -0.15) is 0 Å². The Kier molecular flexibility index (Phi) is 5.07. The number of amides is 1. The highest BCUT2D eigenvalue weighted by Crippen LogP contribution is 2.23. The number of nitrogens with zero attached hydrogens (tertiary/aromatic N) is 1. The number of ether oxygens (including phenoxy) is 1. The van der Waals surface area contributed by atoms with Gasteiger partial charge in [0.05, 0.1) is 6.54 Å². The molecule has 1 N–H and O–H groups in total. The molecule has 1 fully saturated rings. The van der Waals surface area contributed by atoms with E-state index in [1.54, 1.807) is 6.92 Å². The summed E-state index contributed by atoms with van der Waals surface area (Å²) in [4.78, 5) is 24.4. The second-order valence-electron chi connectivity index (χ2n) is 5.08. The molecule has 0 aromatic heterocycles. The number of aliphatic carboxylic acids is 1. The SMILES string of the molecule is CCN(Cc1c(F)cccc1F)C(=O)[C@@H]1CC[C@H](C(=O)O)O1. The van der Waals surface area contributed by atoms with E-state index >= 15 is 0 Å². The summed E-state index contributed by atoms with van der Waals surface area (Å²) in [6.45, 7) is 1.70. The van der Waals surface area contributed by atoms with Crippen LogP contribution in [-0.4, -0.2) is 40.6 Å². The topological polar surface area (TPSA) is 66.8 Å². The van der Waals surface area contributed by atoms with E-state index in [4.69, 9.17) is 9.84 Å². The summed E-state index contributed by atoms with van der Waals surface area (Å²) in [6, 6.07) is 3.51. The molecular formula is C15H17F2NO4. The average Bonchev–Trinajstić information content (AvgIpc) is 2.96. The molecule has 0 radical (unpaired) electrons. The average molecular weight is 313 g/mol. The zero-order chi connectivity index (χ0) is 16.3. The highest BCUT2D eigenvalue weighted by molar-refractivity contribution is 5.82. The minimum absolute atomic E-state index is 0.189. The van der Waals surface area contributed by atoms with Crippen LogP contribution in [0.1, 0.15) is 25.3 Å². The van der Waals surface area contributed by atoms with Crippen LogP contribution in [-0.2, 0) is 20.9 Å². The number of carboxylic acid groups (broad SMARTS) is 1. The third-order valence-electron chi connectivity index (χ3n) is 3.67. The fraction of sp³-hybridized carbons (Fsp3) is 0.467. The quantitative estimate of drug-likeness (QED) is 0.902. The van der Waals surface area contributed by atoms with E-state index in [1.165, 1.54) is 11.0 Å². The maximum atomic E-state index is 13.7. The van der Waals surface area contributed by atoms with Gasteiger partial charge in [-0.1, -0.05) is 6.07 Å². The normalized spacial score (nSPS) is 20.9. The van der Waals surface area contributed by atoms with Crippen LogP contribution < -0.4 is 0 Å². The third-order valence-corrected chi connectivity index (χ3v) is 3.67. The molecule has 2 atom stereocenters. The summed E-state index contributed by atoms with van der Waals surface area (Å²) >= 11 is 0. The Morgan fingerprint density at radius 1 is 1.27 bits per heavy atom. The van der Waals surface area contributed by atoms with E-state index in [1.807, 2.05) is 0 Å². The van der Waals surface area contributed by atoms with Crippen LogP contribution in [0.4, 0.5) is 8.78 Å². The molecule has 0 bridgehead atoms. The van der Waals surface area contributed by atoms with Gasteiger partial charge in [0.25, 0.3) is 5.91 Å². The van der Waals surface area contributed by atoms with Gasteiger partial charge in [0.15, 0.2) is 6.10 Å². The molecule has 1 amide bonds. The minimum Gasteiger partial charge on any atom is -0.479 e. The molecule has 7 heteroatoms. The Balaban J connectivity index is 2.09. The van der Waals surface area contributed by atoms with Crippen molar-refractivity contribution in [3.05, 3.63) is 35.4 Å². The number of halogens is 2. The number of carboxylic acids is 1. The van der Waals surface area contributed by atoms with Crippen molar-refractivity contribution in [1.82, 2.24) is 4.90 Å². The van der Waals surface area contributed by atoms with Crippen LogP contribution in [0.15, 0.2) is 18.2 Å². The summed E-state index contributed by atoms with van der Waals surface area (Å²) in [5.74, 6) is -3.00. The maximum Gasteiger partial charge on any atom is 0.332 e. The van der Waals surface area contributed by atoms with Crippen molar-refractivity contribution in [2.24, 2.45) is 0 Å². The number of carbonyl (C=O) groups excluding carboxylic acids is 1. The molecule has 1 aliphatic rings. The first-order valence-electron chi connectivity index (χ1n) is 7.04. The Morgan fingerprint density at radius 3 is 2.36 bits per heavy atom. The molecule has 1 aliphatic heterocycles. The van der Waals surface area contributed by atoms with Crippen LogP contribution in [0.5, 0.6) is 0 Å². The summed E-state index contributed by atoms with van der Waals surface area (Å²) in [5.41, 5.74) is -0.189. The van der Waals surface area contributed by atoms with E-state index in [0.29, 0.717) is 0 Å². The lowest BCUT2D eigenvalue weighted by molar-refractivity contribution is -0.155. The van der Waals surface area contributed by atoms with E-state index in [2.05, 4.69) is 0 Å². The number of benzene rings is 1. The lowest BCUT2D eigenvalue weighted by Crippen LogP contribution is -2.39. The molecular weight excluding hydrogens is 296 g/mol. The van der Waals surface area contributed by atoms with Crippen LogP contribution in [0.2, 0.25) is 0 Å². The molecule has 1 aromatic rings. The molecule has 0 saturated carbocycles. The van der Waals surface area contributed by atoms with Gasteiger partial charge in [-0.3, -0.25) is 4.79 Å². The minimum atomic E-state index is -1.11. The van der Waals surface area contributed by atoms with Gasteiger partial charge < -0.3 is 14.7 Å². The van der Waals surface area contributed by atoms with Gasteiger partial charge in [-0.05, 0) is 31.9 Å². The fourth-order valence-electron chi connectivity index (χ4n) is 2.42. The highest BCUT2D eigenvalue weighted by Gasteiger charge is 2.36. The number of hydrogen-bond donors (Lipinski definition) is 1. The zero-order valence-corrected chi connectivity index (χ0v) is 12.1.